The predicted molar refractivity (Wildman–Crippen MR) is 94.9 cm³/mol. The number of carbonyl (C=O) groups is 2. The Morgan fingerprint density at radius 3 is 2.21 bits per heavy atom. The molecule has 2 N–H and O–H groups in total. The van der Waals surface area contributed by atoms with Crippen LogP contribution < -0.4 is 10.6 Å². The summed E-state index contributed by atoms with van der Waals surface area (Å²) < 4.78 is 0. The van der Waals surface area contributed by atoms with Gasteiger partial charge in [-0.2, -0.15) is 0 Å². The van der Waals surface area contributed by atoms with Crippen LogP contribution in [0.4, 0.5) is 0 Å². The van der Waals surface area contributed by atoms with Gasteiger partial charge in [0.25, 0.3) is 5.91 Å². The van der Waals surface area contributed by atoms with Crippen molar-refractivity contribution < 1.29 is 9.59 Å². The van der Waals surface area contributed by atoms with E-state index in [9.17, 15) is 9.59 Å². The van der Waals surface area contributed by atoms with Gasteiger partial charge in [0, 0.05) is 11.6 Å². The fourth-order valence-electron chi connectivity index (χ4n) is 3.95. The van der Waals surface area contributed by atoms with Crippen LogP contribution in [0.5, 0.6) is 0 Å². The zero-order valence-corrected chi connectivity index (χ0v) is 14.6. The van der Waals surface area contributed by atoms with Gasteiger partial charge < -0.3 is 10.6 Å². The van der Waals surface area contributed by atoms with E-state index in [2.05, 4.69) is 10.6 Å². The van der Waals surface area contributed by atoms with Crippen molar-refractivity contribution in [2.24, 2.45) is 0 Å². The van der Waals surface area contributed by atoms with Crippen LogP contribution in [0.15, 0.2) is 24.3 Å². The molecule has 0 radical (unpaired) electrons. The summed E-state index contributed by atoms with van der Waals surface area (Å²) in [5.41, 5.74) is 1.01. The topological polar surface area (TPSA) is 58.2 Å². The lowest BCUT2D eigenvalue weighted by Crippen LogP contribution is -2.60. The van der Waals surface area contributed by atoms with E-state index in [1.165, 1.54) is 12.8 Å². The fourth-order valence-corrected chi connectivity index (χ4v) is 3.95. The first-order chi connectivity index (χ1) is 11.6. The molecule has 0 spiro atoms. The minimum atomic E-state index is -0.733. The van der Waals surface area contributed by atoms with Crippen LogP contribution in [-0.2, 0) is 4.79 Å². The largest absolute Gasteiger partial charge is 0.351 e. The molecule has 1 aromatic rings. The highest BCUT2D eigenvalue weighted by atomic mass is 16.2. The van der Waals surface area contributed by atoms with Gasteiger partial charge >= 0.3 is 0 Å². The minimum absolute atomic E-state index is 0.0227. The van der Waals surface area contributed by atoms with E-state index in [4.69, 9.17) is 0 Å². The van der Waals surface area contributed by atoms with E-state index in [0.717, 1.165) is 50.5 Å². The molecule has 2 amide bonds. The maximum absolute atomic E-state index is 13.0. The van der Waals surface area contributed by atoms with E-state index in [-0.39, 0.29) is 17.9 Å². The highest BCUT2D eigenvalue weighted by molar-refractivity contribution is 5.99. The molecule has 2 aliphatic carbocycles. The molecule has 0 saturated heterocycles. The molecule has 3 rings (SSSR count). The van der Waals surface area contributed by atoms with Crippen molar-refractivity contribution in [1.82, 2.24) is 10.6 Å². The molecule has 0 heterocycles. The van der Waals surface area contributed by atoms with Crippen molar-refractivity contribution in [3.8, 4) is 0 Å². The SMILES string of the molecule is Cc1ccc(C(=O)NC2(C(=O)NC3CCCC3)CCCCC2)cc1. The fraction of sp³-hybridized carbons (Fsp3) is 0.600. The molecule has 0 aliphatic heterocycles. The Kier molecular flexibility index (Phi) is 5.22. The highest BCUT2D eigenvalue weighted by Gasteiger charge is 2.41. The monoisotopic (exact) mass is 328 g/mol. The van der Waals surface area contributed by atoms with Crippen LogP contribution in [0.1, 0.15) is 73.7 Å². The second kappa shape index (κ2) is 7.37. The van der Waals surface area contributed by atoms with E-state index in [0.29, 0.717) is 5.56 Å². The first-order valence-electron chi connectivity index (χ1n) is 9.29. The summed E-state index contributed by atoms with van der Waals surface area (Å²) in [7, 11) is 0. The maximum atomic E-state index is 13.0. The van der Waals surface area contributed by atoms with Crippen molar-refractivity contribution in [2.75, 3.05) is 0 Å². The summed E-state index contributed by atoms with van der Waals surface area (Å²) in [5, 5.41) is 6.29. The van der Waals surface area contributed by atoms with Crippen LogP contribution in [-0.4, -0.2) is 23.4 Å². The summed E-state index contributed by atoms with van der Waals surface area (Å²) in [6.07, 6.45) is 9.10. The zero-order chi connectivity index (χ0) is 17.0. The van der Waals surface area contributed by atoms with Crippen LogP contribution in [0.25, 0.3) is 0 Å². The van der Waals surface area contributed by atoms with Gasteiger partial charge in [0.15, 0.2) is 0 Å². The van der Waals surface area contributed by atoms with Crippen LogP contribution in [0.3, 0.4) is 0 Å². The third-order valence-electron chi connectivity index (χ3n) is 5.50. The molecule has 2 fully saturated rings. The Morgan fingerprint density at radius 1 is 0.958 bits per heavy atom. The van der Waals surface area contributed by atoms with Gasteiger partial charge in [-0.3, -0.25) is 9.59 Å². The van der Waals surface area contributed by atoms with Gasteiger partial charge in [-0.1, -0.05) is 49.8 Å². The second-order valence-electron chi connectivity index (χ2n) is 7.42. The van der Waals surface area contributed by atoms with Gasteiger partial charge in [-0.05, 0) is 44.7 Å². The van der Waals surface area contributed by atoms with Gasteiger partial charge in [0.05, 0.1) is 0 Å². The van der Waals surface area contributed by atoms with Gasteiger partial charge in [0.2, 0.25) is 5.91 Å². The second-order valence-corrected chi connectivity index (χ2v) is 7.42. The van der Waals surface area contributed by atoms with Crippen LogP contribution in [0, 0.1) is 6.92 Å². The average Bonchev–Trinajstić information content (AvgIpc) is 3.09. The first kappa shape index (κ1) is 17.0. The lowest BCUT2D eigenvalue weighted by atomic mass is 9.80. The molecule has 1 aromatic carbocycles. The third kappa shape index (κ3) is 3.80. The molecule has 0 atom stereocenters. The standard InChI is InChI=1S/C20H28N2O2/c1-15-9-11-16(12-10-15)18(23)22-20(13-5-2-6-14-20)19(24)21-17-7-3-4-8-17/h9-12,17H,2-8,13-14H2,1H3,(H,21,24)(H,22,23). The van der Waals surface area contributed by atoms with Gasteiger partial charge in [-0.15, -0.1) is 0 Å². The molecule has 0 aromatic heterocycles. The van der Waals surface area contributed by atoms with E-state index in [1.54, 1.807) is 0 Å². The lowest BCUT2D eigenvalue weighted by Gasteiger charge is -2.37. The Balaban J connectivity index is 1.73. The first-order valence-corrected chi connectivity index (χ1v) is 9.29. The summed E-state index contributed by atoms with van der Waals surface area (Å²) in [6.45, 7) is 2.00. The molecule has 130 valence electrons. The van der Waals surface area contributed by atoms with Crippen LogP contribution >= 0.6 is 0 Å². The summed E-state index contributed by atoms with van der Waals surface area (Å²) in [6, 6.07) is 7.81. The number of carbonyl (C=O) groups excluding carboxylic acids is 2. The molecule has 4 heteroatoms. The van der Waals surface area contributed by atoms with Crippen molar-refractivity contribution in [3.63, 3.8) is 0 Å². The smallest absolute Gasteiger partial charge is 0.252 e. The number of hydrogen-bond donors (Lipinski definition) is 2. The summed E-state index contributed by atoms with van der Waals surface area (Å²) >= 11 is 0. The Hall–Kier alpha value is -1.84. The normalized spacial score (nSPS) is 20.5. The average molecular weight is 328 g/mol. The molecule has 4 nitrogen and oxygen atoms in total. The van der Waals surface area contributed by atoms with Crippen molar-refractivity contribution in [1.29, 1.82) is 0 Å². The van der Waals surface area contributed by atoms with Crippen LogP contribution in [0.2, 0.25) is 0 Å². The van der Waals surface area contributed by atoms with Crippen molar-refractivity contribution in [2.45, 2.75) is 76.3 Å². The van der Waals surface area contributed by atoms with Crippen molar-refractivity contribution in [3.05, 3.63) is 35.4 Å². The summed E-state index contributed by atoms with van der Waals surface area (Å²) in [4.78, 5) is 25.7. The number of amides is 2. The predicted octanol–water partition coefficient (Wildman–Crippen LogP) is 3.49. The lowest BCUT2D eigenvalue weighted by molar-refractivity contribution is -0.129. The van der Waals surface area contributed by atoms with E-state index < -0.39 is 5.54 Å². The minimum Gasteiger partial charge on any atom is -0.351 e. The zero-order valence-electron chi connectivity index (χ0n) is 14.6. The molecular formula is C20H28N2O2. The van der Waals surface area contributed by atoms with Gasteiger partial charge in [-0.25, -0.2) is 0 Å². The maximum Gasteiger partial charge on any atom is 0.252 e. The quantitative estimate of drug-likeness (QED) is 0.889. The Bertz CT molecular complexity index is 582. The van der Waals surface area contributed by atoms with E-state index >= 15 is 0 Å². The molecule has 0 bridgehead atoms. The summed E-state index contributed by atoms with van der Waals surface area (Å²) in [5.74, 6) is -0.118. The molecule has 0 unspecified atom stereocenters. The number of benzene rings is 1. The number of hydrogen-bond acceptors (Lipinski definition) is 2. The number of nitrogens with one attached hydrogen (secondary N) is 2. The Morgan fingerprint density at radius 2 is 1.58 bits per heavy atom. The molecule has 24 heavy (non-hydrogen) atoms. The molecular weight excluding hydrogens is 300 g/mol. The van der Waals surface area contributed by atoms with Gasteiger partial charge in [0.1, 0.15) is 5.54 Å². The van der Waals surface area contributed by atoms with E-state index in [1.807, 2.05) is 31.2 Å². The molecule has 2 saturated carbocycles. The highest BCUT2D eigenvalue weighted by Crippen LogP contribution is 2.30. The third-order valence-corrected chi connectivity index (χ3v) is 5.50. The molecule has 2 aliphatic rings. The number of aryl methyl sites for hydroxylation is 1. The Labute approximate surface area is 144 Å². The number of rotatable bonds is 4. The van der Waals surface area contributed by atoms with Crippen molar-refractivity contribution >= 4 is 11.8 Å².